The molecule has 102 valence electrons. The number of hydrogen-bond donors (Lipinski definition) is 1. The van der Waals surface area contributed by atoms with Gasteiger partial charge in [0.05, 0.1) is 17.3 Å². The summed E-state index contributed by atoms with van der Waals surface area (Å²) in [7, 11) is 0. The highest BCUT2D eigenvalue weighted by atomic mass is 32.1. The number of ether oxygens (including phenoxy) is 1. The molecule has 0 aliphatic carbocycles. The molecule has 1 fully saturated rings. The van der Waals surface area contributed by atoms with E-state index in [2.05, 4.69) is 22.6 Å². The summed E-state index contributed by atoms with van der Waals surface area (Å²) >= 11 is 1.76. The topological polar surface area (TPSA) is 34.1 Å². The maximum absolute atomic E-state index is 5.72. The van der Waals surface area contributed by atoms with E-state index in [1.54, 1.807) is 11.3 Å². The Balaban J connectivity index is 1.59. The number of nitrogens with zero attached hydrogens (tertiary/aromatic N) is 1. The van der Waals surface area contributed by atoms with Gasteiger partial charge in [-0.1, -0.05) is 13.3 Å². The first-order valence-corrected chi connectivity index (χ1v) is 8.01. The summed E-state index contributed by atoms with van der Waals surface area (Å²) in [5, 5.41) is 6.91. The number of aryl methyl sites for hydroxylation is 1. The van der Waals surface area contributed by atoms with E-state index in [1.807, 2.05) is 0 Å². The van der Waals surface area contributed by atoms with Crippen molar-refractivity contribution >= 4 is 11.3 Å². The first-order chi connectivity index (χ1) is 8.88. The number of hydrogen-bond acceptors (Lipinski definition) is 4. The van der Waals surface area contributed by atoms with Crippen LogP contribution >= 0.6 is 11.3 Å². The Bertz CT molecular complexity index is 334. The molecule has 1 atom stereocenters. The van der Waals surface area contributed by atoms with Crippen molar-refractivity contribution in [1.29, 1.82) is 0 Å². The molecule has 0 aromatic carbocycles. The molecule has 0 spiro atoms. The Labute approximate surface area is 114 Å². The van der Waals surface area contributed by atoms with Crippen LogP contribution in [0.15, 0.2) is 5.38 Å². The normalized spacial score (nSPS) is 20.2. The van der Waals surface area contributed by atoms with Crippen molar-refractivity contribution in [2.45, 2.75) is 58.1 Å². The van der Waals surface area contributed by atoms with Gasteiger partial charge >= 0.3 is 0 Å². The molecule has 2 heterocycles. The van der Waals surface area contributed by atoms with E-state index in [0.717, 1.165) is 25.1 Å². The summed E-state index contributed by atoms with van der Waals surface area (Å²) in [5.74, 6) is 0. The summed E-state index contributed by atoms with van der Waals surface area (Å²) < 4.78 is 5.72. The minimum absolute atomic E-state index is 0.671. The zero-order valence-corrected chi connectivity index (χ0v) is 12.1. The van der Waals surface area contributed by atoms with E-state index in [4.69, 9.17) is 4.74 Å². The van der Waals surface area contributed by atoms with Gasteiger partial charge in [0.2, 0.25) is 0 Å². The van der Waals surface area contributed by atoms with E-state index < -0.39 is 0 Å². The van der Waals surface area contributed by atoms with Crippen LogP contribution < -0.4 is 5.32 Å². The molecular formula is C14H24N2OS. The lowest BCUT2D eigenvalue weighted by Crippen LogP contribution is -2.34. The van der Waals surface area contributed by atoms with E-state index in [0.29, 0.717) is 12.6 Å². The number of aromatic nitrogens is 1. The smallest absolute Gasteiger partial charge is 0.0929 e. The van der Waals surface area contributed by atoms with Gasteiger partial charge in [-0.15, -0.1) is 11.3 Å². The molecule has 1 aliphatic heterocycles. The van der Waals surface area contributed by atoms with Crippen LogP contribution in [0.3, 0.4) is 0 Å². The molecular weight excluding hydrogens is 244 g/mol. The maximum atomic E-state index is 5.72. The fourth-order valence-corrected chi connectivity index (χ4v) is 3.20. The van der Waals surface area contributed by atoms with Gasteiger partial charge in [-0.2, -0.15) is 0 Å². The quantitative estimate of drug-likeness (QED) is 0.771. The van der Waals surface area contributed by atoms with E-state index >= 15 is 0 Å². The van der Waals surface area contributed by atoms with Gasteiger partial charge in [-0.25, -0.2) is 4.98 Å². The zero-order valence-electron chi connectivity index (χ0n) is 11.3. The standard InChI is InChI=1S/C14H24N2OS/c1-2-5-14-16-13(11-18-14)10-17-9-7-12-6-3-4-8-15-12/h11-12,15H,2-10H2,1H3. The molecule has 1 aliphatic rings. The van der Waals surface area contributed by atoms with Gasteiger partial charge in [0, 0.05) is 18.0 Å². The second kappa shape index (κ2) is 7.87. The average molecular weight is 268 g/mol. The summed E-state index contributed by atoms with van der Waals surface area (Å²) in [6.45, 7) is 4.89. The second-order valence-corrected chi connectivity index (χ2v) is 5.91. The molecule has 0 saturated carbocycles. The van der Waals surface area contributed by atoms with Crippen molar-refractivity contribution < 1.29 is 4.74 Å². The maximum Gasteiger partial charge on any atom is 0.0929 e. The predicted octanol–water partition coefficient (Wildman–Crippen LogP) is 3.14. The number of rotatable bonds is 7. The zero-order chi connectivity index (χ0) is 12.6. The fourth-order valence-electron chi connectivity index (χ4n) is 2.32. The van der Waals surface area contributed by atoms with Crippen LogP contribution in [0.5, 0.6) is 0 Å². The molecule has 4 heteroatoms. The van der Waals surface area contributed by atoms with Gasteiger partial charge in [-0.3, -0.25) is 0 Å². The summed E-state index contributed by atoms with van der Waals surface area (Å²) in [4.78, 5) is 4.56. The monoisotopic (exact) mass is 268 g/mol. The Hall–Kier alpha value is -0.450. The average Bonchev–Trinajstić information content (AvgIpc) is 2.84. The number of piperidine rings is 1. The molecule has 1 unspecified atom stereocenters. The number of nitrogens with one attached hydrogen (secondary N) is 1. The van der Waals surface area contributed by atoms with E-state index in [1.165, 1.54) is 37.2 Å². The molecule has 0 amide bonds. The van der Waals surface area contributed by atoms with Gasteiger partial charge in [0.25, 0.3) is 0 Å². The highest BCUT2D eigenvalue weighted by Crippen LogP contribution is 2.13. The summed E-state index contributed by atoms with van der Waals surface area (Å²) in [6, 6.07) is 0.671. The van der Waals surface area contributed by atoms with Crippen molar-refractivity contribution in [3.05, 3.63) is 16.1 Å². The Kier molecular flexibility index (Phi) is 6.11. The van der Waals surface area contributed by atoms with Crippen molar-refractivity contribution in [2.75, 3.05) is 13.2 Å². The molecule has 0 bridgehead atoms. The highest BCUT2D eigenvalue weighted by Gasteiger charge is 2.11. The minimum atomic E-state index is 0.671. The van der Waals surface area contributed by atoms with Crippen molar-refractivity contribution in [3.63, 3.8) is 0 Å². The molecule has 3 nitrogen and oxygen atoms in total. The van der Waals surface area contributed by atoms with E-state index in [-0.39, 0.29) is 0 Å². The Morgan fingerprint density at radius 3 is 3.22 bits per heavy atom. The first kappa shape index (κ1) is 14.0. The minimum Gasteiger partial charge on any atom is -0.375 e. The molecule has 1 aromatic rings. The van der Waals surface area contributed by atoms with Gasteiger partial charge in [0.15, 0.2) is 0 Å². The Morgan fingerprint density at radius 1 is 1.50 bits per heavy atom. The van der Waals surface area contributed by atoms with Crippen LogP contribution in [0, 0.1) is 0 Å². The van der Waals surface area contributed by atoms with Gasteiger partial charge in [0.1, 0.15) is 0 Å². The molecule has 2 rings (SSSR count). The number of thiazole rings is 1. The lowest BCUT2D eigenvalue weighted by Gasteiger charge is -2.23. The van der Waals surface area contributed by atoms with Crippen LogP contribution in [0.25, 0.3) is 0 Å². The van der Waals surface area contributed by atoms with Crippen molar-refractivity contribution in [2.24, 2.45) is 0 Å². The van der Waals surface area contributed by atoms with Gasteiger partial charge in [-0.05, 0) is 38.6 Å². The van der Waals surface area contributed by atoms with Gasteiger partial charge < -0.3 is 10.1 Å². The first-order valence-electron chi connectivity index (χ1n) is 7.13. The molecule has 1 N–H and O–H groups in total. The summed E-state index contributed by atoms with van der Waals surface area (Å²) in [5.41, 5.74) is 1.10. The third-order valence-corrected chi connectivity index (χ3v) is 4.29. The molecule has 18 heavy (non-hydrogen) atoms. The van der Waals surface area contributed by atoms with Crippen molar-refractivity contribution in [1.82, 2.24) is 10.3 Å². The highest BCUT2D eigenvalue weighted by molar-refractivity contribution is 7.09. The van der Waals surface area contributed by atoms with Crippen molar-refractivity contribution in [3.8, 4) is 0 Å². The summed E-state index contributed by atoms with van der Waals surface area (Å²) in [6.07, 6.45) is 7.39. The van der Waals surface area contributed by atoms with Crippen LogP contribution in [-0.2, 0) is 17.8 Å². The SMILES string of the molecule is CCCc1nc(COCCC2CCCCN2)cs1. The van der Waals surface area contributed by atoms with Crippen LogP contribution in [-0.4, -0.2) is 24.2 Å². The van der Waals surface area contributed by atoms with Crippen LogP contribution in [0.4, 0.5) is 0 Å². The molecule has 1 aromatic heterocycles. The lowest BCUT2D eigenvalue weighted by molar-refractivity contribution is 0.106. The largest absolute Gasteiger partial charge is 0.375 e. The van der Waals surface area contributed by atoms with E-state index in [9.17, 15) is 0 Å². The fraction of sp³-hybridized carbons (Fsp3) is 0.786. The molecule has 1 saturated heterocycles. The third-order valence-electron chi connectivity index (χ3n) is 3.34. The Morgan fingerprint density at radius 2 is 2.44 bits per heavy atom. The van der Waals surface area contributed by atoms with Crippen LogP contribution in [0.1, 0.15) is 49.7 Å². The van der Waals surface area contributed by atoms with Crippen LogP contribution in [0.2, 0.25) is 0 Å². The second-order valence-electron chi connectivity index (χ2n) is 4.97. The molecule has 0 radical (unpaired) electrons. The third kappa shape index (κ3) is 4.67. The lowest BCUT2D eigenvalue weighted by atomic mass is 10.0. The predicted molar refractivity (Wildman–Crippen MR) is 76.0 cm³/mol.